The first-order valence-electron chi connectivity index (χ1n) is 8.31. The van der Waals surface area contributed by atoms with Crippen LogP contribution < -0.4 is 0 Å². The van der Waals surface area contributed by atoms with E-state index in [9.17, 15) is 4.79 Å². The number of aromatic nitrogens is 1. The maximum Gasteiger partial charge on any atom is 0.355 e. The lowest BCUT2D eigenvalue weighted by Gasteiger charge is -2.23. The third-order valence-electron chi connectivity index (χ3n) is 4.19. The summed E-state index contributed by atoms with van der Waals surface area (Å²) < 4.78 is 5.27. The van der Waals surface area contributed by atoms with Crippen LogP contribution in [0.15, 0.2) is 48.5 Å². The van der Waals surface area contributed by atoms with Crippen molar-refractivity contribution in [2.75, 3.05) is 6.61 Å². The molecule has 0 aliphatic rings. The molecule has 0 saturated heterocycles. The highest BCUT2D eigenvalue weighted by atomic mass is 16.5. The van der Waals surface area contributed by atoms with Crippen LogP contribution in [-0.2, 0) is 10.2 Å². The van der Waals surface area contributed by atoms with Crippen LogP contribution in [0.4, 0.5) is 0 Å². The average molecular weight is 321 g/mol. The molecule has 3 nitrogen and oxygen atoms in total. The zero-order valence-corrected chi connectivity index (χ0v) is 14.6. The Bertz CT molecular complexity index is 884. The SMILES string of the molecule is CCOC(=O)c1[nH]c2ccccc2c1-c1ccccc1C(C)(C)C. The van der Waals surface area contributed by atoms with Crippen LogP contribution in [0.1, 0.15) is 43.7 Å². The van der Waals surface area contributed by atoms with E-state index in [0.29, 0.717) is 12.3 Å². The van der Waals surface area contributed by atoms with Gasteiger partial charge in [0.1, 0.15) is 5.69 Å². The Hall–Kier alpha value is -2.55. The molecule has 0 unspecified atom stereocenters. The van der Waals surface area contributed by atoms with E-state index in [1.165, 1.54) is 5.56 Å². The highest BCUT2D eigenvalue weighted by Crippen LogP contribution is 2.39. The van der Waals surface area contributed by atoms with E-state index in [-0.39, 0.29) is 11.4 Å². The second-order valence-electron chi connectivity index (χ2n) is 6.94. The van der Waals surface area contributed by atoms with Gasteiger partial charge in [0, 0.05) is 16.5 Å². The summed E-state index contributed by atoms with van der Waals surface area (Å²) in [5.41, 5.74) is 4.65. The largest absolute Gasteiger partial charge is 0.461 e. The lowest BCUT2D eigenvalue weighted by atomic mass is 9.81. The molecule has 3 heteroatoms. The molecule has 0 radical (unpaired) electrons. The van der Waals surface area contributed by atoms with Gasteiger partial charge in [0.25, 0.3) is 0 Å². The van der Waals surface area contributed by atoms with E-state index in [0.717, 1.165) is 22.0 Å². The standard InChI is InChI=1S/C21H23NO2/c1-5-24-20(23)19-18(15-11-7-9-13-17(15)22-19)14-10-6-8-12-16(14)21(2,3)4/h6-13,22H,5H2,1-4H3. The maximum absolute atomic E-state index is 12.5. The summed E-state index contributed by atoms with van der Waals surface area (Å²) in [6.07, 6.45) is 0. The highest BCUT2D eigenvalue weighted by molar-refractivity contribution is 6.08. The fourth-order valence-corrected chi connectivity index (χ4v) is 3.13. The summed E-state index contributed by atoms with van der Waals surface area (Å²) >= 11 is 0. The van der Waals surface area contributed by atoms with Gasteiger partial charge in [0.2, 0.25) is 0 Å². The van der Waals surface area contributed by atoms with Gasteiger partial charge in [-0.25, -0.2) is 4.79 Å². The number of esters is 1. The van der Waals surface area contributed by atoms with Gasteiger partial charge < -0.3 is 9.72 Å². The summed E-state index contributed by atoms with van der Waals surface area (Å²) in [5, 5.41) is 1.04. The molecule has 0 atom stereocenters. The number of carbonyl (C=O) groups is 1. The minimum atomic E-state index is -0.313. The number of nitrogens with one attached hydrogen (secondary N) is 1. The summed E-state index contributed by atoms with van der Waals surface area (Å²) in [5.74, 6) is -0.313. The quantitative estimate of drug-likeness (QED) is 0.664. The molecule has 0 fully saturated rings. The van der Waals surface area contributed by atoms with E-state index in [2.05, 4.69) is 37.9 Å². The van der Waals surface area contributed by atoms with Crippen molar-refractivity contribution in [3.05, 3.63) is 59.8 Å². The Morgan fingerprint density at radius 1 is 1.04 bits per heavy atom. The second-order valence-corrected chi connectivity index (χ2v) is 6.94. The Morgan fingerprint density at radius 3 is 2.42 bits per heavy atom. The zero-order valence-electron chi connectivity index (χ0n) is 14.6. The van der Waals surface area contributed by atoms with Crippen LogP contribution in [0, 0.1) is 0 Å². The number of hydrogen-bond donors (Lipinski definition) is 1. The van der Waals surface area contributed by atoms with Crippen LogP contribution in [0.5, 0.6) is 0 Å². The van der Waals surface area contributed by atoms with Gasteiger partial charge in [-0.1, -0.05) is 63.2 Å². The van der Waals surface area contributed by atoms with Crippen molar-refractivity contribution in [1.29, 1.82) is 0 Å². The molecule has 1 aromatic heterocycles. The first kappa shape index (κ1) is 16.3. The van der Waals surface area contributed by atoms with Crippen LogP contribution in [-0.4, -0.2) is 17.6 Å². The Labute approximate surface area is 142 Å². The predicted octanol–water partition coefficient (Wildman–Crippen LogP) is 5.31. The van der Waals surface area contributed by atoms with Gasteiger partial charge in [0.15, 0.2) is 0 Å². The topological polar surface area (TPSA) is 42.1 Å². The predicted molar refractivity (Wildman–Crippen MR) is 98.4 cm³/mol. The third-order valence-corrected chi connectivity index (χ3v) is 4.19. The van der Waals surface area contributed by atoms with Crippen LogP contribution in [0.25, 0.3) is 22.0 Å². The molecule has 3 aromatic rings. The number of para-hydroxylation sites is 1. The smallest absolute Gasteiger partial charge is 0.355 e. The van der Waals surface area contributed by atoms with Gasteiger partial charge in [-0.2, -0.15) is 0 Å². The van der Waals surface area contributed by atoms with Crippen molar-refractivity contribution in [2.45, 2.75) is 33.1 Å². The Kier molecular flexibility index (Phi) is 4.18. The number of carbonyl (C=O) groups excluding carboxylic acids is 1. The lowest BCUT2D eigenvalue weighted by Crippen LogP contribution is -2.13. The van der Waals surface area contributed by atoms with Crippen LogP contribution in [0.2, 0.25) is 0 Å². The normalized spacial score (nSPS) is 11.7. The molecule has 3 rings (SSSR count). The van der Waals surface area contributed by atoms with Crippen molar-refractivity contribution in [3.8, 4) is 11.1 Å². The maximum atomic E-state index is 12.5. The van der Waals surface area contributed by atoms with E-state index < -0.39 is 0 Å². The number of aromatic amines is 1. The fraction of sp³-hybridized carbons (Fsp3) is 0.286. The monoisotopic (exact) mass is 321 g/mol. The Morgan fingerprint density at radius 2 is 1.71 bits per heavy atom. The Balaban J connectivity index is 2.34. The third kappa shape index (κ3) is 2.82. The minimum Gasteiger partial charge on any atom is -0.461 e. The lowest BCUT2D eigenvalue weighted by molar-refractivity contribution is 0.0521. The molecule has 0 bridgehead atoms. The second kappa shape index (κ2) is 6.16. The molecular weight excluding hydrogens is 298 g/mol. The molecule has 0 spiro atoms. The highest BCUT2D eigenvalue weighted by Gasteiger charge is 2.25. The molecule has 1 heterocycles. The first-order valence-corrected chi connectivity index (χ1v) is 8.31. The van der Waals surface area contributed by atoms with Gasteiger partial charge in [-0.15, -0.1) is 0 Å². The number of hydrogen-bond acceptors (Lipinski definition) is 2. The van der Waals surface area contributed by atoms with Gasteiger partial charge in [-0.3, -0.25) is 0 Å². The molecular formula is C21H23NO2. The van der Waals surface area contributed by atoms with Crippen LogP contribution >= 0.6 is 0 Å². The molecule has 124 valence electrons. The molecule has 0 saturated carbocycles. The summed E-state index contributed by atoms with van der Waals surface area (Å²) in [6, 6.07) is 16.3. The molecule has 0 aliphatic carbocycles. The van der Waals surface area contributed by atoms with Gasteiger partial charge in [-0.05, 0) is 29.5 Å². The van der Waals surface area contributed by atoms with Crippen molar-refractivity contribution < 1.29 is 9.53 Å². The molecule has 1 N–H and O–H groups in total. The summed E-state index contributed by atoms with van der Waals surface area (Å²) in [6.45, 7) is 8.73. The molecule has 0 amide bonds. The van der Waals surface area contributed by atoms with E-state index in [1.54, 1.807) is 0 Å². The average Bonchev–Trinajstić information content (AvgIpc) is 2.94. The zero-order chi connectivity index (χ0) is 17.3. The van der Waals surface area contributed by atoms with E-state index >= 15 is 0 Å². The van der Waals surface area contributed by atoms with Crippen molar-refractivity contribution in [2.24, 2.45) is 0 Å². The number of rotatable bonds is 3. The first-order chi connectivity index (χ1) is 11.4. The van der Waals surface area contributed by atoms with Crippen molar-refractivity contribution >= 4 is 16.9 Å². The minimum absolute atomic E-state index is 0.0269. The van der Waals surface area contributed by atoms with Gasteiger partial charge in [0.05, 0.1) is 6.61 Å². The van der Waals surface area contributed by atoms with E-state index in [4.69, 9.17) is 4.74 Å². The van der Waals surface area contributed by atoms with Crippen molar-refractivity contribution in [1.82, 2.24) is 4.98 Å². The number of H-pyrrole nitrogens is 1. The number of fused-ring (bicyclic) bond motifs is 1. The van der Waals surface area contributed by atoms with Crippen molar-refractivity contribution in [3.63, 3.8) is 0 Å². The molecule has 24 heavy (non-hydrogen) atoms. The van der Waals surface area contributed by atoms with Crippen LogP contribution in [0.3, 0.4) is 0 Å². The number of ether oxygens (including phenoxy) is 1. The summed E-state index contributed by atoms with van der Waals surface area (Å²) in [7, 11) is 0. The summed E-state index contributed by atoms with van der Waals surface area (Å²) in [4.78, 5) is 15.8. The molecule has 2 aromatic carbocycles. The molecule has 0 aliphatic heterocycles. The van der Waals surface area contributed by atoms with Gasteiger partial charge >= 0.3 is 5.97 Å². The fourth-order valence-electron chi connectivity index (χ4n) is 3.13. The van der Waals surface area contributed by atoms with E-state index in [1.807, 2.05) is 43.3 Å². The number of benzene rings is 2.